The van der Waals surface area contributed by atoms with Gasteiger partial charge in [0.15, 0.2) is 5.69 Å². The molecule has 0 radical (unpaired) electrons. The van der Waals surface area contributed by atoms with Gasteiger partial charge in [0.1, 0.15) is 11.6 Å². The third-order valence-electron chi connectivity index (χ3n) is 6.27. The van der Waals surface area contributed by atoms with E-state index in [1.807, 2.05) is 23.1 Å². The third kappa shape index (κ3) is 5.77. The van der Waals surface area contributed by atoms with E-state index in [1.54, 1.807) is 12.1 Å². The number of nitrogens with one attached hydrogen (secondary N) is 1. The Morgan fingerprint density at radius 2 is 1.69 bits per heavy atom. The van der Waals surface area contributed by atoms with Crippen molar-refractivity contribution < 1.29 is 19.1 Å². The molecule has 0 spiro atoms. The topological polar surface area (TPSA) is 108 Å². The molecule has 4 rings (SSSR count). The van der Waals surface area contributed by atoms with Crippen LogP contribution in [0.5, 0.6) is 5.75 Å². The molecule has 0 bridgehead atoms. The largest absolute Gasteiger partial charge is 0.501 e. The molecule has 1 aliphatic heterocycles. The lowest BCUT2D eigenvalue weighted by Crippen LogP contribution is -2.49. The maximum absolute atomic E-state index is 13.1. The Kier molecular flexibility index (Phi) is 7.74. The second kappa shape index (κ2) is 11.1. The van der Waals surface area contributed by atoms with Crippen molar-refractivity contribution in [2.75, 3.05) is 32.7 Å². The van der Waals surface area contributed by atoms with Crippen LogP contribution in [0.25, 0.3) is 0 Å². The number of hydrogen-bond donors (Lipinski definition) is 2. The normalized spacial score (nSPS) is 14.0. The van der Waals surface area contributed by atoms with Crippen molar-refractivity contribution in [3.05, 3.63) is 93.4 Å². The molecule has 1 aliphatic rings. The van der Waals surface area contributed by atoms with Crippen LogP contribution in [0.4, 0.5) is 4.39 Å². The zero-order chi connectivity index (χ0) is 25.7. The van der Waals surface area contributed by atoms with Crippen LogP contribution in [-0.2, 0) is 20.0 Å². The van der Waals surface area contributed by atoms with Crippen molar-refractivity contribution >= 4 is 11.8 Å². The molecule has 1 aromatic heterocycles. The summed E-state index contributed by atoms with van der Waals surface area (Å²) in [6.45, 7) is 3.20. The van der Waals surface area contributed by atoms with Gasteiger partial charge in [0.05, 0.1) is 0 Å². The molecule has 0 unspecified atom stereocenters. The van der Waals surface area contributed by atoms with Gasteiger partial charge < -0.3 is 15.3 Å². The van der Waals surface area contributed by atoms with Crippen molar-refractivity contribution in [1.82, 2.24) is 24.7 Å². The zero-order valence-electron chi connectivity index (χ0n) is 20.0. The van der Waals surface area contributed by atoms with Crippen LogP contribution < -0.4 is 10.9 Å². The van der Waals surface area contributed by atoms with Crippen LogP contribution in [0.15, 0.2) is 59.4 Å². The summed E-state index contributed by atoms with van der Waals surface area (Å²) in [6.07, 6.45) is 0.386. The highest BCUT2D eigenvalue weighted by Crippen LogP contribution is 2.13. The number of benzene rings is 2. The first kappa shape index (κ1) is 25.1. The number of carbonyl (C=O) groups is 2. The van der Waals surface area contributed by atoms with Gasteiger partial charge in [-0.1, -0.05) is 30.3 Å². The lowest BCUT2D eigenvalue weighted by atomic mass is 10.2. The number of halogens is 1. The third-order valence-corrected chi connectivity index (χ3v) is 6.27. The SMILES string of the molecule is Cn1c(CCN2CCN(C(=O)c3ccccc3)CC2)nc(C(=O)NCc2ccc(F)cc2)c(O)c1=O. The Labute approximate surface area is 207 Å². The van der Waals surface area contributed by atoms with Gasteiger partial charge in [-0.2, -0.15) is 0 Å². The number of amides is 2. The Morgan fingerprint density at radius 3 is 2.36 bits per heavy atom. The van der Waals surface area contributed by atoms with Gasteiger partial charge in [-0.3, -0.25) is 23.9 Å². The van der Waals surface area contributed by atoms with Crippen LogP contribution in [0, 0.1) is 5.82 Å². The fourth-order valence-electron chi connectivity index (χ4n) is 4.08. The second-order valence-corrected chi connectivity index (χ2v) is 8.65. The summed E-state index contributed by atoms with van der Waals surface area (Å²) in [6, 6.07) is 14.8. The summed E-state index contributed by atoms with van der Waals surface area (Å²) < 4.78 is 14.3. The maximum Gasteiger partial charge on any atom is 0.296 e. The van der Waals surface area contributed by atoms with Gasteiger partial charge in [0, 0.05) is 58.3 Å². The molecule has 9 nitrogen and oxygen atoms in total. The van der Waals surface area contributed by atoms with E-state index >= 15 is 0 Å². The lowest BCUT2D eigenvalue weighted by Gasteiger charge is -2.34. The number of nitrogens with zero attached hydrogens (tertiary/aromatic N) is 4. The average molecular weight is 494 g/mol. The monoisotopic (exact) mass is 493 g/mol. The van der Waals surface area contributed by atoms with E-state index in [1.165, 1.54) is 35.9 Å². The van der Waals surface area contributed by atoms with Crippen molar-refractivity contribution in [1.29, 1.82) is 0 Å². The molecular weight excluding hydrogens is 465 g/mol. The molecule has 1 fully saturated rings. The maximum atomic E-state index is 13.1. The van der Waals surface area contributed by atoms with E-state index in [0.29, 0.717) is 56.1 Å². The number of aromatic hydroxyl groups is 1. The van der Waals surface area contributed by atoms with Crippen molar-refractivity contribution in [3.63, 3.8) is 0 Å². The molecule has 2 aromatic carbocycles. The summed E-state index contributed by atoms with van der Waals surface area (Å²) >= 11 is 0. The summed E-state index contributed by atoms with van der Waals surface area (Å²) in [4.78, 5) is 46.1. The van der Waals surface area contributed by atoms with Gasteiger partial charge in [-0.05, 0) is 29.8 Å². The number of piperazine rings is 1. The van der Waals surface area contributed by atoms with E-state index in [9.17, 15) is 23.9 Å². The standard InChI is InChI=1S/C26H28FN5O4/c1-30-21(11-12-31-13-15-32(16-14-31)25(35)19-5-3-2-4-6-19)29-22(23(33)26(30)36)24(34)28-17-18-7-9-20(27)10-8-18/h2-10,33H,11-17H2,1H3,(H,28,34). The molecule has 10 heteroatoms. The van der Waals surface area contributed by atoms with E-state index in [4.69, 9.17) is 0 Å². The minimum Gasteiger partial charge on any atom is -0.501 e. The summed E-state index contributed by atoms with van der Waals surface area (Å²) in [7, 11) is 1.50. The molecule has 36 heavy (non-hydrogen) atoms. The van der Waals surface area contributed by atoms with E-state index < -0.39 is 17.2 Å². The summed E-state index contributed by atoms with van der Waals surface area (Å²) in [5.74, 6) is -1.42. The highest BCUT2D eigenvalue weighted by molar-refractivity contribution is 5.95. The molecule has 0 atom stereocenters. The van der Waals surface area contributed by atoms with Crippen LogP contribution in [0.3, 0.4) is 0 Å². The molecule has 2 N–H and O–H groups in total. The van der Waals surface area contributed by atoms with Crippen molar-refractivity contribution in [2.24, 2.45) is 7.05 Å². The Morgan fingerprint density at radius 1 is 1.03 bits per heavy atom. The van der Waals surface area contributed by atoms with Gasteiger partial charge in [-0.15, -0.1) is 0 Å². The number of aromatic nitrogens is 2. The van der Waals surface area contributed by atoms with E-state index in [-0.39, 0.29) is 24.0 Å². The van der Waals surface area contributed by atoms with Gasteiger partial charge >= 0.3 is 0 Å². The predicted molar refractivity (Wildman–Crippen MR) is 131 cm³/mol. The van der Waals surface area contributed by atoms with Crippen molar-refractivity contribution in [2.45, 2.75) is 13.0 Å². The highest BCUT2D eigenvalue weighted by atomic mass is 19.1. The summed E-state index contributed by atoms with van der Waals surface area (Å²) in [5, 5.41) is 12.8. The zero-order valence-corrected chi connectivity index (χ0v) is 20.0. The Bertz CT molecular complexity index is 1290. The first-order valence-electron chi connectivity index (χ1n) is 11.7. The van der Waals surface area contributed by atoms with Gasteiger partial charge in [0.25, 0.3) is 17.4 Å². The van der Waals surface area contributed by atoms with Gasteiger partial charge in [0.2, 0.25) is 5.75 Å². The summed E-state index contributed by atoms with van der Waals surface area (Å²) in [5.41, 5.74) is 0.288. The van der Waals surface area contributed by atoms with Crippen molar-refractivity contribution in [3.8, 4) is 5.75 Å². The Hall–Kier alpha value is -4.05. The first-order valence-corrected chi connectivity index (χ1v) is 11.7. The molecular formula is C26H28FN5O4. The van der Waals surface area contributed by atoms with Crippen LogP contribution in [-0.4, -0.2) is 69.0 Å². The molecule has 0 aliphatic carbocycles. The minimum absolute atomic E-state index is 0.00846. The fourth-order valence-corrected chi connectivity index (χ4v) is 4.08. The molecule has 3 aromatic rings. The minimum atomic E-state index is -0.717. The fraction of sp³-hybridized carbons (Fsp3) is 0.308. The molecule has 188 valence electrons. The molecule has 1 saturated heterocycles. The average Bonchev–Trinajstić information content (AvgIpc) is 2.91. The highest BCUT2D eigenvalue weighted by Gasteiger charge is 2.23. The molecule has 0 saturated carbocycles. The van der Waals surface area contributed by atoms with E-state index in [2.05, 4.69) is 15.2 Å². The Balaban J connectivity index is 1.36. The first-order chi connectivity index (χ1) is 17.3. The lowest BCUT2D eigenvalue weighted by molar-refractivity contribution is 0.0637. The number of rotatable bonds is 7. The van der Waals surface area contributed by atoms with E-state index in [0.717, 1.165) is 0 Å². The number of hydrogen-bond acceptors (Lipinski definition) is 6. The quantitative estimate of drug-likeness (QED) is 0.517. The molecule has 2 heterocycles. The smallest absolute Gasteiger partial charge is 0.296 e. The van der Waals surface area contributed by atoms with Gasteiger partial charge in [-0.25, -0.2) is 9.37 Å². The van der Waals surface area contributed by atoms with Crippen LogP contribution in [0.1, 0.15) is 32.2 Å². The molecule has 2 amide bonds. The number of carbonyl (C=O) groups excluding carboxylic acids is 2. The van der Waals surface area contributed by atoms with Crippen LogP contribution >= 0.6 is 0 Å². The predicted octanol–water partition coefficient (Wildman–Crippen LogP) is 1.56. The van der Waals surface area contributed by atoms with Crippen LogP contribution in [0.2, 0.25) is 0 Å². The second-order valence-electron chi connectivity index (χ2n) is 8.65.